The Hall–Kier alpha value is -2.34. The average molecular weight is 285 g/mol. The molecule has 0 atom stereocenters. The van der Waals surface area contributed by atoms with Crippen molar-refractivity contribution in [2.24, 2.45) is 0 Å². The van der Waals surface area contributed by atoms with E-state index in [0.29, 0.717) is 0 Å². The first-order valence-electron chi connectivity index (χ1n) is 7.71. The molecule has 0 spiro atoms. The predicted octanol–water partition coefficient (Wildman–Crippen LogP) is 5.65. The number of hydrogen-bond acceptors (Lipinski definition) is 0. The molecule has 3 rings (SSSR count). The third kappa shape index (κ3) is 2.96. The third-order valence-corrected chi connectivity index (χ3v) is 3.89. The van der Waals surface area contributed by atoms with E-state index in [1.54, 1.807) is 0 Å². The van der Waals surface area contributed by atoms with Crippen molar-refractivity contribution < 1.29 is 0 Å². The first kappa shape index (κ1) is 14.6. The van der Waals surface area contributed by atoms with Crippen LogP contribution in [0, 0.1) is 33.8 Å². The molecule has 22 heavy (non-hydrogen) atoms. The van der Waals surface area contributed by atoms with Crippen LogP contribution in [0.5, 0.6) is 0 Å². The van der Waals surface area contributed by atoms with E-state index in [4.69, 9.17) is 0 Å². The average Bonchev–Trinajstić information content (AvgIpc) is 2.90. The topological polar surface area (TPSA) is 0 Å². The van der Waals surface area contributed by atoms with E-state index >= 15 is 0 Å². The second kappa shape index (κ2) is 5.81. The Balaban J connectivity index is 2.28. The molecule has 0 aromatic heterocycles. The largest absolute Gasteiger partial charge is 0.0610 e. The molecule has 109 valence electrons. The fourth-order valence-corrected chi connectivity index (χ4v) is 3.20. The number of rotatable bonds is 2. The molecule has 2 aromatic carbocycles. The van der Waals surface area contributed by atoms with Crippen LogP contribution in [-0.2, 0) is 0 Å². The van der Waals surface area contributed by atoms with Crippen LogP contribution in [0.3, 0.4) is 0 Å². The lowest BCUT2D eigenvalue weighted by molar-refractivity contribution is 1.33. The van der Waals surface area contributed by atoms with Crippen molar-refractivity contribution in [3.8, 4) is 0 Å². The first-order chi connectivity index (χ1) is 10.5. The van der Waals surface area contributed by atoms with Gasteiger partial charge in [0, 0.05) is 0 Å². The predicted molar refractivity (Wildman–Crippen MR) is 94.8 cm³/mol. The van der Waals surface area contributed by atoms with Gasteiger partial charge in [-0.05, 0) is 56.0 Å². The Morgan fingerprint density at radius 1 is 0.682 bits per heavy atom. The lowest BCUT2D eigenvalue weighted by Crippen LogP contribution is -1.95. The molecule has 0 bridgehead atoms. The van der Waals surface area contributed by atoms with Crippen molar-refractivity contribution in [1.82, 2.24) is 0 Å². The molecule has 0 heterocycles. The van der Waals surface area contributed by atoms with Gasteiger partial charge in [-0.2, -0.15) is 0 Å². The fourth-order valence-electron chi connectivity index (χ4n) is 3.20. The summed E-state index contributed by atoms with van der Waals surface area (Å²) in [5.41, 5.74) is 10.1. The zero-order valence-electron chi connectivity index (χ0n) is 13.7. The summed E-state index contributed by atoms with van der Waals surface area (Å²) in [6.07, 6.45) is 9.56. The van der Waals surface area contributed by atoms with Gasteiger partial charge in [-0.1, -0.05) is 76.9 Å². The quantitative estimate of drug-likeness (QED) is 0.668. The molecule has 1 aliphatic carbocycles. The van der Waals surface area contributed by atoms with E-state index in [2.05, 4.69) is 82.3 Å². The lowest BCUT2D eigenvalue weighted by atomic mass is 9.90. The minimum atomic E-state index is 1.16. The smallest absolute Gasteiger partial charge is 0.00322 e. The zero-order valence-corrected chi connectivity index (χ0v) is 13.7. The van der Waals surface area contributed by atoms with Crippen LogP contribution in [0.15, 0.2) is 60.2 Å². The highest BCUT2D eigenvalue weighted by atomic mass is 14.2. The van der Waals surface area contributed by atoms with Gasteiger partial charge >= 0.3 is 0 Å². The molecule has 0 saturated heterocycles. The van der Waals surface area contributed by atoms with E-state index in [9.17, 15) is 0 Å². The second-order valence-corrected chi connectivity index (χ2v) is 6.21. The van der Waals surface area contributed by atoms with Crippen molar-refractivity contribution >= 4 is 5.57 Å². The third-order valence-electron chi connectivity index (χ3n) is 3.89. The monoisotopic (exact) mass is 285 g/mol. The van der Waals surface area contributed by atoms with Gasteiger partial charge in [-0.25, -0.2) is 0 Å². The van der Waals surface area contributed by atoms with Crippen LogP contribution in [0.2, 0.25) is 0 Å². The van der Waals surface area contributed by atoms with Crippen molar-refractivity contribution in [3.05, 3.63) is 99.7 Å². The maximum absolute atomic E-state index is 3.38. The van der Waals surface area contributed by atoms with Crippen LogP contribution in [0.25, 0.3) is 5.57 Å². The molecule has 0 N–H and O–H groups in total. The van der Waals surface area contributed by atoms with Crippen LogP contribution in [0.4, 0.5) is 0 Å². The molecule has 1 radical (unpaired) electrons. The molecule has 2 aromatic rings. The molecule has 1 aliphatic rings. The van der Waals surface area contributed by atoms with Gasteiger partial charge in [-0.3, -0.25) is 0 Å². The van der Waals surface area contributed by atoms with Gasteiger partial charge in [0.25, 0.3) is 0 Å². The van der Waals surface area contributed by atoms with Crippen molar-refractivity contribution in [1.29, 1.82) is 0 Å². The highest BCUT2D eigenvalue weighted by Gasteiger charge is 2.12. The molecule has 0 unspecified atom stereocenters. The lowest BCUT2D eigenvalue weighted by Gasteiger charge is -2.14. The molecule has 0 amide bonds. The zero-order chi connectivity index (χ0) is 15.7. The minimum absolute atomic E-state index is 1.16. The molecule has 0 aliphatic heterocycles. The maximum Gasteiger partial charge on any atom is -0.00322 e. The van der Waals surface area contributed by atoms with Crippen LogP contribution in [-0.4, -0.2) is 0 Å². The Kier molecular flexibility index (Phi) is 3.85. The Bertz CT molecular complexity index is 706. The maximum atomic E-state index is 3.38. The highest BCUT2D eigenvalue weighted by Crippen LogP contribution is 2.32. The van der Waals surface area contributed by atoms with E-state index in [0.717, 1.165) is 5.57 Å². The SMILES string of the molecule is Cc1cc(C)cc(C(=C2[C]=CC=C2)c2cc(C)cc(C)c2)c1. The number of allylic oxidation sites excluding steroid dienone is 5. The summed E-state index contributed by atoms with van der Waals surface area (Å²) in [4.78, 5) is 0. The molecule has 0 fully saturated rings. The summed E-state index contributed by atoms with van der Waals surface area (Å²) in [6.45, 7) is 8.63. The van der Waals surface area contributed by atoms with Gasteiger partial charge in [0.1, 0.15) is 0 Å². The van der Waals surface area contributed by atoms with Crippen LogP contribution < -0.4 is 0 Å². The van der Waals surface area contributed by atoms with Gasteiger partial charge in [0.2, 0.25) is 0 Å². The van der Waals surface area contributed by atoms with Crippen molar-refractivity contribution in [2.75, 3.05) is 0 Å². The number of hydrogen-bond donors (Lipinski definition) is 0. The van der Waals surface area contributed by atoms with E-state index in [1.165, 1.54) is 39.0 Å². The summed E-state index contributed by atoms with van der Waals surface area (Å²) >= 11 is 0. The van der Waals surface area contributed by atoms with E-state index < -0.39 is 0 Å². The Morgan fingerprint density at radius 2 is 1.14 bits per heavy atom. The molecule has 0 saturated carbocycles. The van der Waals surface area contributed by atoms with Gasteiger partial charge in [-0.15, -0.1) is 0 Å². The minimum Gasteiger partial charge on any atom is -0.0610 e. The summed E-state index contributed by atoms with van der Waals surface area (Å²) in [5, 5.41) is 0. The highest BCUT2D eigenvalue weighted by molar-refractivity contribution is 5.86. The molecular weight excluding hydrogens is 264 g/mol. The van der Waals surface area contributed by atoms with E-state index in [-0.39, 0.29) is 0 Å². The summed E-state index contributed by atoms with van der Waals surface area (Å²) in [6, 6.07) is 13.5. The van der Waals surface area contributed by atoms with Gasteiger partial charge in [0.05, 0.1) is 0 Å². The first-order valence-corrected chi connectivity index (χ1v) is 7.71. The Morgan fingerprint density at radius 3 is 1.50 bits per heavy atom. The molecular formula is C22H21. The number of aryl methyl sites for hydroxylation is 4. The fraction of sp³-hybridized carbons (Fsp3) is 0.182. The summed E-state index contributed by atoms with van der Waals surface area (Å²) < 4.78 is 0. The van der Waals surface area contributed by atoms with Gasteiger partial charge < -0.3 is 0 Å². The number of benzene rings is 2. The van der Waals surface area contributed by atoms with Crippen molar-refractivity contribution in [2.45, 2.75) is 27.7 Å². The van der Waals surface area contributed by atoms with Crippen LogP contribution in [0.1, 0.15) is 33.4 Å². The van der Waals surface area contributed by atoms with Crippen LogP contribution >= 0.6 is 0 Å². The standard InChI is InChI=1S/C22H21/c1-15-9-16(2)12-20(11-15)22(19-7-5-6-8-19)21-13-17(3)10-18(4)14-21/h5-7,9-14H,1-4H3. The van der Waals surface area contributed by atoms with E-state index in [1.807, 2.05) is 6.08 Å². The summed E-state index contributed by atoms with van der Waals surface area (Å²) in [5.74, 6) is 0. The normalized spacial score (nSPS) is 13.0. The molecule has 0 heteroatoms. The van der Waals surface area contributed by atoms with Crippen molar-refractivity contribution in [3.63, 3.8) is 0 Å². The summed E-state index contributed by atoms with van der Waals surface area (Å²) in [7, 11) is 0. The molecule has 0 nitrogen and oxygen atoms in total. The second-order valence-electron chi connectivity index (χ2n) is 6.21. The van der Waals surface area contributed by atoms with Gasteiger partial charge in [0.15, 0.2) is 0 Å². The Labute approximate surface area is 133 Å².